The molecule has 28 heavy (non-hydrogen) atoms. The SMILES string of the molecule is COc1ccc(-c2cnc3n2C[C@]2(CCN(Cc4ccccn4)C2)OC3)cc1. The molecule has 2 aliphatic rings. The molecule has 6 heteroatoms. The first-order valence-electron chi connectivity index (χ1n) is 9.70. The molecular weight excluding hydrogens is 352 g/mol. The minimum absolute atomic E-state index is 0.149. The summed E-state index contributed by atoms with van der Waals surface area (Å²) >= 11 is 0. The summed E-state index contributed by atoms with van der Waals surface area (Å²) in [5.74, 6) is 1.86. The van der Waals surface area contributed by atoms with Crippen molar-refractivity contribution < 1.29 is 9.47 Å². The molecule has 2 aromatic heterocycles. The molecule has 1 saturated heterocycles. The van der Waals surface area contributed by atoms with Crippen LogP contribution in [-0.4, -0.2) is 45.2 Å². The fourth-order valence-corrected chi connectivity index (χ4v) is 4.28. The number of likely N-dealkylation sites (tertiary alicyclic amines) is 1. The summed E-state index contributed by atoms with van der Waals surface area (Å²) in [5.41, 5.74) is 3.25. The van der Waals surface area contributed by atoms with Crippen LogP contribution in [0, 0.1) is 0 Å². The van der Waals surface area contributed by atoms with Gasteiger partial charge in [-0.3, -0.25) is 9.88 Å². The maximum absolute atomic E-state index is 6.34. The number of aromatic nitrogens is 3. The topological polar surface area (TPSA) is 52.4 Å². The van der Waals surface area contributed by atoms with Gasteiger partial charge in [-0.05, 0) is 42.8 Å². The van der Waals surface area contributed by atoms with Crippen LogP contribution in [0.2, 0.25) is 0 Å². The summed E-state index contributed by atoms with van der Waals surface area (Å²) in [6.07, 6.45) is 4.84. The standard InChI is InChI=1S/C22H24N4O2/c1-27-19-7-5-17(6-8-19)20-12-24-21-14-28-22(16-26(20)21)9-11-25(15-22)13-18-4-2-3-10-23-18/h2-8,10,12H,9,11,13-16H2,1H3/t22-/m1/s1. The van der Waals surface area contributed by atoms with Gasteiger partial charge in [0.15, 0.2) is 0 Å². The van der Waals surface area contributed by atoms with Crippen LogP contribution in [0.15, 0.2) is 54.9 Å². The van der Waals surface area contributed by atoms with Crippen LogP contribution in [0.1, 0.15) is 17.9 Å². The number of hydrogen-bond acceptors (Lipinski definition) is 5. The minimum Gasteiger partial charge on any atom is -0.497 e. The second kappa shape index (κ2) is 7.04. The summed E-state index contributed by atoms with van der Waals surface area (Å²) in [5, 5.41) is 0. The van der Waals surface area contributed by atoms with Crippen molar-refractivity contribution in [3.05, 3.63) is 66.4 Å². The summed E-state index contributed by atoms with van der Waals surface area (Å²) in [6.45, 7) is 4.21. The molecule has 0 bridgehead atoms. The first-order chi connectivity index (χ1) is 13.7. The van der Waals surface area contributed by atoms with Crippen molar-refractivity contribution >= 4 is 0 Å². The molecule has 1 atom stereocenters. The van der Waals surface area contributed by atoms with Gasteiger partial charge in [0.25, 0.3) is 0 Å². The van der Waals surface area contributed by atoms with Crippen LogP contribution in [0.4, 0.5) is 0 Å². The number of imidazole rings is 1. The smallest absolute Gasteiger partial charge is 0.135 e. The Morgan fingerprint density at radius 2 is 2.00 bits per heavy atom. The van der Waals surface area contributed by atoms with E-state index in [-0.39, 0.29) is 5.60 Å². The summed E-state index contributed by atoms with van der Waals surface area (Å²) in [4.78, 5) is 11.5. The molecular formula is C22H24N4O2. The maximum atomic E-state index is 6.34. The van der Waals surface area contributed by atoms with Crippen LogP contribution >= 0.6 is 0 Å². The van der Waals surface area contributed by atoms with Gasteiger partial charge in [-0.2, -0.15) is 0 Å². The number of hydrogen-bond donors (Lipinski definition) is 0. The fourth-order valence-electron chi connectivity index (χ4n) is 4.28. The maximum Gasteiger partial charge on any atom is 0.135 e. The van der Waals surface area contributed by atoms with Crippen molar-refractivity contribution in [3.63, 3.8) is 0 Å². The number of ether oxygens (including phenoxy) is 2. The molecule has 0 saturated carbocycles. The second-order valence-corrected chi connectivity index (χ2v) is 7.63. The number of nitrogens with zero attached hydrogens (tertiary/aromatic N) is 4. The Hall–Kier alpha value is -2.70. The third kappa shape index (κ3) is 3.19. The lowest BCUT2D eigenvalue weighted by atomic mass is 10.0. The normalized spacial score (nSPS) is 21.8. The molecule has 0 radical (unpaired) electrons. The predicted molar refractivity (Wildman–Crippen MR) is 106 cm³/mol. The number of rotatable bonds is 4. The van der Waals surface area contributed by atoms with Gasteiger partial charge in [-0.25, -0.2) is 4.98 Å². The first-order valence-corrected chi connectivity index (χ1v) is 9.70. The molecule has 0 unspecified atom stereocenters. The summed E-state index contributed by atoms with van der Waals surface area (Å²) in [6, 6.07) is 14.3. The van der Waals surface area contributed by atoms with E-state index in [4.69, 9.17) is 9.47 Å². The highest BCUT2D eigenvalue weighted by atomic mass is 16.5. The lowest BCUT2D eigenvalue weighted by Gasteiger charge is -2.35. The van der Waals surface area contributed by atoms with Gasteiger partial charge in [-0.1, -0.05) is 6.07 Å². The molecule has 5 rings (SSSR count). The molecule has 1 fully saturated rings. The molecule has 0 amide bonds. The van der Waals surface area contributed by atoms with Gasteiger partial charge in [0.2, 0.25) is 0 Å². The average molecular weight is 376 g/mol. The Balaban J connectivity index is 1.35. The van der Waals surface area contributed by atoms with E-state index in [0.29, 0.717) is 6.61 Å². The molecule has 3 aromatic rings. The van der Waals surface area contributed by atoms with Gasteiger partial charge >= 0.3 is 0 Å². The van der Waals surface area contributed by atoms with Crippen molar-refractivity contribution in [2.24, 2.45) is 0 Å². The zero-order valence-electron chi connectivity index (χ0n) is 16.0. The Kier molecular flexibility index (Phi) is 4.37. The number of fused-ring (bicyclic) bond motifs is 1. The molecule has 1 aromatic carbocycles. The van der Waals surface area contributed by atoms with Crippen LogP contribution in [0.5, 0.6) is 5.75 Å². The molecule has 6 nitrogen and oxygen atoms in total. The van der Waals surface area contributed by atoms with E-state index >= 15 is 0 Å². The third-order valence-electron chi connectivity index (χ3n) is 5.78. The lowest BCUT2D eigenvalue weighted by molar-refractivity contribution is -0.0821. The van der Waals surface area contributed by atoms with E-state index in [1.807, 2.05) is 36.7 Å². The van der Waals surface area contributed by atoms with Gasteiger partial charge in [-0.15, -0.1) is 0 Å². The third-order valence-corrected chi connectivity index (χ3v) is 5.78. The summed E-state index contributed by atoms with van der Waals surface area (Å²) < 4.78 is 14.0. The number of benzene rings is 1. The lowest BCUT2D eigenvalue weighted by Crippen LogP contribution is -2.44. The monoisotopic (exact) mass is 376 g/mol. The number of methoxy groups -OCH3 is 1. The van der Waals surface area contributed by atoms with Crippen molar-refractivity contribution in [1.82, 2.24) is 19.4 Å². The molecule has 2 aliphatic heterocycles. The first kappa shape index (κ1) is 17.4. The molecule has 1 spiro atoms. The van der Waals surface area contributed by atoms with E-state index in [1.54, 1.807) is 7.11 Å². The Bertz CT molecular complexity index is 954. The van der Waals surface area contributed by atoms with Crippen molar-refractivity contribution in [2.75, 3.05) is 20.2 Å². The van der Waals surface area contributed by atoms with E-state index in [2.05, 4.69) is 37.6 Å². The fraction of sp³-hybridized carbons (Fsp3) is 0.364. The minimum atomic E-state index is -0.149. The molecule has 0 N–H and O–H groups in total. The average Bonchev–Trinajstić information content (AvgIpc) is 3.33. The van der Waals surface area contributed by atoms with Crippen LogP contribution in [0.25, 0.3) is 11.3 Å². The van der Waals surface area contributed by atoms with E-state index in [1.165, 1.54) is 0 Å². The van der Waals surface area contributed by atoms with Crippen LogP contribution in [0.3, 0.4) is 0 Å². The van der Waals surface area contributed by atoms with Crippen molar-refractivity contribution in [3.8, 4) is 17.0 Å². The largest absolute Gasteiger partial charge is 0.497 e. The Labute approximate surface area is 164 Å². The van der Waals surface area contributed by atoms with Crippen molar-refractivity contribution in [2.45, 2.75) is 31.7 Å². The van der Waals surface area contributed by atoms with Gasteiger partial charge < -0.3 is 14.0 Å². The van der Waals surface area contributed by atoms with Gasteiger partial charge in [0.05, 0.1) is 31.2 Å². The van der Waals surface area contributed by atoms with E-state index < -0.39 is 0 Å². The Morgan fingerprint density at radius 3 is 2.79 bits per heavy atom. The quantitative estimate of drug-likeness (QED) is 0.700. The Morgan fingerprint density at radius 1 is 1.11 bits per heavy atom. The highest BCUT2D eigenvalue weighted by Gasteiger charge is 2.43. The van der Waals surface area contributed by atoms with E-state index in [9.17, 15) is 0 Å². The molecule has 4 heterocycles. The second-order valence-electron chi connectivity index (χ2n) is 7.63. The highest BCUT2D eigenvalue weighted by molar-refractivity contribution is 5.60. The van der Waals surface area contributed by atoms with E-state index in [0.717, 1.165) is 61.1 Å². The van der Waals surface area contributed by atoms with Gasteiger partial charge in [0, 0.05) is 31.4 Å². The zero-order valence-corrected chi connectivity index (χ0v) is 16.0. The predicted octanol–water partition coefficient (Wildman–Crippen LogP) is 3.13. The van der Waals surface area contributed by atoms with Gasteiger partial charge in [0.1, 0.15) is 23.8 Å². The van der Waals surface area contributed by atoms with Crippen LogP contribution in [-0.2, 0) is 24.4 Å². The van der Waals surface area contributed by atoms with Crippen LogP contribution < -0.4 is 4.74 Å². The zero-order chi connectivity index (χ0) is 19.0. The number of pyridine rings is 1. The summed E-state index contributed by atoms with van der Waals surface area (Å²) in [7, 11) is 1.69. The molecule has 0 aliphatic carbocycles. The highest BCUT2D eigenvalue weighted by Crippen LogP contribution is 2.35. The molecule has 144 valence electrons. The van der Waals surface area contributed by atoms with Crippen molar-refractivity contribution in [1.29, 1.82) is 0 Å².